The summed E-state index contributed by atoms with van der Waals surface area (Å²) in [6.07, 6.45) is -0.367. The molecule has 3 heterocycles. The third-order valence-corrected chi connectivity index (χ3v) is 6.77. The lowest BCUT2D eigenvalue weighted by atomic mass is 9.99. The summed E-state index contributed by atoms with van der Waals surface area (Å²) in [4.78, 5) is 35.9. The largest absolute Gasteiger partial charge is 0.508 e. The molecule has 0 fully saturated rings. The van der Waals surface area contributed by atoms with Crippen LogP contribution in [0.2, 0.25) is 0 Å². The molecule has 0 radical (unpaired) electrons. The Kier molecular flexibility index (Phi) is 8.92. The minimum atomic E-state index is -1.07. The van der Waals surface area contributed by atoms with Gasteiger partial charge in [-0.1, -0.05) is 59.0 Å². The number of rotatable bonds is 5. The van der Waals surface area contributed by atoms with Crippen molar-refractivity contribution in [1.82, 2.24) is 0 Å². The molecule has 0 amide bonds. The normalized spacial score (nSPS) is 10.9. The molecule has 0 saturated heterocycles. The van der Waals surface area contributed by atoms with Crippen molar-refractivity contribution in [3.05, 3.63) is 130 Å². The van der Waals surface area contributed by atoms with E-state index in [0.29, 0.717) is 43.9 Å². The summed E-state index contributed by atoms with van der Waals surface area (Å²) in [5.74, 6) is -0.612. The Morgan fingerprint density at radius 1 is 0.756 bits per heavy atom. The quantitative estimate of drug-likeness (QED) is 0.0915. The predicted molar refractivity (Wildman–Crippen MR) is 178 cm³/mol. The van der Waals surface area contributed by atoms with Gasteiger partial charge < -0.3 is 28.6 Å². The molecule has 226 valence electrons. The van der Waals surface area contributed by atoms with Crippen molar-refractivity contribution in [3.63, 3.8) is 0 Å². The number of benzene rings is 4. The van der Waals surface area contributed by atoms with Crippen LogP contribution in [-0.2, 0) is 11.2 Å². The van der Waals surface area contributed by atoms with E-state index in [1.54, 1.807) is 48.5 Å². The maximum Gasteiger partial charge on any atom is 0.340 e. The topological polar surface area (TPSA) is 151 Å². The first-order valence-electron chi connectivity index (χ1n) is 14.1. The molecule has 7 aromatic rings. The summed E-state index contributed by atoms with van der Waals surface area (Å²) < 4.78 is 22.8. The highest BCUT2D eigenvalue weighted by atomic mass is 127. The second kappa shape index (κ2) is 13.5. The lowest BCUT2D eigenvalue weighted by Crippen LogP contribution is -2.07. The lowest BCUT2D eigenvalue weighted by Gasteiger charge is -2.02. The number of carboxylic acid groups (broad SMARTS) is 1. The fourth-order valence-corrected chi connectivity index (χ4v) is 4.87. The molecular weight excluding hydrogens is 691 g/mol. The van der Waals surface area contributed by atoms with E-state index in [0.717, 1.165) is 10.8 Å². The number of hydrogen-bond donors (Lipinski definition) is 3. The number of aliphatic carboxylic acids is 1. The van der Waals surface area contributed by atoms with E-state index >= 15 is 0 Å². The number of aromatic hydroxyl groups is 2. The number of furan rings is 2. The molecule has 3 N–H and O–H groups in total. The number of para-hydroxylation sites is 2. The first kappa shape index (κ1) is 29.7. The number of phenols is 2. The second-order valence-electron chi connectivity index (χ2n) is 9.62. The Morgan fingerprint density at radius 3 is 1.93 bits per heavy atom. The van der Waals surface area contributed by atoms with Crippen molar-refractivity contribution in [3.8, 4) is 22.8 Å². The molecule has 0 bridgehead atoms. The van der Waals surface area contributed by atoms with E-state index in [1.807, 2.05) is 46.9 Å². The number of carbonyl (C=O) groups excluding carboxylic acids is 1. The number of phenolic OH excluding ortho intramolecular Hbond substituents is 2. The van der Waals surface area contributed by atoms with Crippen LogP contribution < -0.4 is 5.63 Å². The maximum absolute atomic E-state index is 12.7. The number of fused-ring (bicyclic) bond motifs is 4. The molecule has 0 spiro atoms. The van der Waals surface area contributed by atoms with Crippen LogP contribution >= 0.6 is 22.6 Å². The van der Waals surface area contributed by atoms with Crippen molar-refractivity contribution in [2.24, 2.45) is 0 Å². The van der Waals surface area contributed by atoms with Crippen LogP contribution in [0.5, 0.6) is 11.5 Å². The Balaban J connectivity index is 0.000000167. The molecule has 0 aliphatic rings. The average Bonchev–Trinajstić information content (AvgIpc) is 3.59. The first-order valence-corrected chi connectivity index (χ1v) is 14.9. The van der Waals surface area contributed by atoms with Crippen molar-refractivity contribution in [2.75, 3.05) is 4.91 Å². The van der Waals surface area contributed by atoms with Gasteiger partial charge in [-0.2, -0.15) is 0 Å². The van der Waals surface area contributed by atoms with Crippen molar-refractivity contribution in [1.29, 1.82) is 0 Å². The summed E-state index contributed by atoms with van der Waals surface area (Å²) in [6, 6.07) is 28.1. The number of ketones is 1. The zero-order valence-electron chi connectivity index (χ0n) is 24.4. The molecular formula is C35H25IO9. The van der Waals surface area contributed by atoms with Gasteiger partial charge in [0, 0.05) is 23.3 Å². The summed E-state index contributed by atoms with van der Waals surface area (Å²) in [5.41, 5.74) is 2.52. The molecule has 0 atom stereocenters. The highest BCUT2D eigenvalue weighted by molar-refractivity contribution is 14.1. The van der Waals surface area contributed by atoms with E-state index in [9.17, 15) is 24.6 Å². The highest BCUT2D eigenvalue weighted by Crippen LogP contribution is 2.36. The molecule has 9 nitrogen and oxygen atoms in total. The summed E-state index contributed by atoms with van der Waals surface area (Å²) in [5, 5.41) is 29.9. The molecule has 10 heteroatoms. The zero-order valence-corrected chi connectivity index (χ0v) is 25.6. The minimum absolute atomic E-state index is 0.0550. The molecule has 45 heavy (non-hydrogen) atoms. The second-order valence-corrected chi connectivity index (χ2v) is 9.62. The Labute approximate surface area is 270 Å². The van der Waals surface area contributed by atoms with Crippen LogP contribution in [0, 0.1) is 0 Å². The van der Waals surface area contributed by atoms with Crippen molar-refractivity contribution >= 4 is 67.3 Å². The SMILES string of the molecule is O=C(O)Cc1oc2ccccc2c1C(=O)c1ccc(O)cc1.O=c1cc2oc3ccccc3c2c(-c2ccc(O)cc2)o1.[2H]CI. The van der Waals surface area contributed by atoms with Gasteiger partial charge in [0.2, 0.25) is 0 Å². The van der Waals surface area contributed by atoms with Gasteiger partial charge in [-0.25, -0.2) is 4.79 Å². The van der Waals surface area contributed by atoms with Gasteiger partial charge in [0.25, 0.3) is 0 Å². The Hall–Kier alpha value is -5.36. The zero-order chi connectivity index (χ0) is 32.8. The van der Waals surface area contributed by atoms with Crippen LogP contribution in [0.1, 0.15) is 23.1 Å². The fourth-order valence-electron chi connectivity index (χ4n) is 4.87. The number of hydrogen-bond acceptors (Lipinski definition) is 8. The number of halogens is 1. The van der Waals surface area contributed by atoms with Gasteiger partial charge in [-0.15, -0.1) is 0 Å². The number of alkyl halides is 1. The third kappa shape index (κ3) is 6.60. The van der Waals surface area contributed by atoms with Crippen LogP contribution in [0.15, 0.2) is 121 Å². The van der Waals surface area contributed by atoms with Crippen LogP contribution in [0.3, 0.4) is 0 Å². The van der Waals surface area contributed by atoms with Gasteiger partial charge >= 0.3 is 11.6 Å². The summed E-state index contributed by atoms with van der Waals surface area (Å²) >= 11 is 1.96. The van der Waals surface area contributed by atoms with Crippen LogP contribution in [0.25, 0.3) is 44.2 Å². The van der Waals surface area contributed by atoms with E-state index in [2.05, 4.69) is 0 Å². The lowest BCUT2D eigenvalue weighted by molar-refractivity contribution is -0.136. The smallest absolute Gasteiger partial charge is 0.340 e. The fraction of sp³-hybridized carbons (Fsp3) is 0.0571. The van der Waals surface area contributed by atoms with Crippen LogP contribution in [-0.4, -0.2) is 32.0 Å². The molecule has 0 unspecified atom stereocenters. The third-order valence-electron chi connectivity index (χ3n) is 6.77. The van der Waals surface area contributed by atoms with E-state index in [1.165, 1.54) is 30.3 Å². The number of carboxylic acids is 1. The molecule has 4 aromatic carbocycles. The molecule has 0 saturated carbocycles. The Morgan fingerprint density at radius 2 is 1.31 bits per heavy atom. The van der Waals surface area contributed by atoms with Gasteiger partial charge in [-0.3, -0.25) is 9.59 Å². The standard InChI is InChI=1S/C17H12O5.C17H10O4.CH3I/c18-11-7-5-10(6-8-11)17(21)16-12-3-1-2-4-13(12)22-14(16)9-15(19)20;18-11-7-5-10(6-8-11)17-16-12-3-1-2-4-13(12)20-14(16)9-15(19)21-17;1-2/h1-8,18H,9H2,(H,19,20);1-9,18H;1H3/i;;1D. The molecule has 3 aromatic heterocycles. The molecule has 7 rings (SSSR count). The number of carbonyl (C=O) groups is 2. The van der Waals surface area contributed by atoms with Gasteiger partial charge in [-0.05, 0) is 65.6 Å². The minimum Gasteiger partial charge on any atom is -0.508 e. The van der Waals surface area contributed by atoms with E-state index < -0.39 is 11.6 Å². The van der Waals surface area contributed by atoms with E-state index in [-0.39, 0.29) is 35.0 Å². The predicted octanol–water partition coefficient (Wildman–Crippen LogP) is 7.96. The highest BCUT2D eigenvalue weighted by Gasteiger charge is 2.23. The summed E-state index contributed by atoms with van der Waals surface area (Å²) in [6.45, 7) is 0. The van der Waals surface area contributed by atoms with Gasteiger partial charge in [0.1, 0.15) is 46.2 Å². The van der Waals surface area contributed by atoms with Gasteiger partial charge in [0.05, 0.1) is 17.0 Å². The summed E-state index contributed by atoms with van der Waals surface area (Å²) in [7, 11) is 0. The first-order chi connectivity index (χ1) is 22.2. The van der Waals surface area contributed by atoms with Crippen molar-refractivity contribution < 1.29 is 39.5 Å². The molecule has 0 aliphatic carbocycles. The molecule has 0 aliphatic heterocycles. The van der Waals surface area contributed by atoms with Crippen molar-refractivity contribution in [2.45, 2.75) is 6.42 Å². The maximum atomic E-state index is 12.7. The average molecular weight is 717 g/mol. The Bertz CT molecular complexity index is 2210. The monoisotopic (exact) mass is 717 g/mol. The van der Waals surface area contributed by atoms with E-state index in [4.69, 9.17) is 19.7 Å². The van der Waals surface area contributed by atoms with Gasteiger partial charge in [0.15, 0.2) is 5.78 Å². The van der Waals surface area contributed by atoms with Crippen LogP contribution in [0.4, 0.5) is 0 Å².